The lowest BCUT2D eigenvalue weighted by Gasteiger charge is -2.46. The van der Waals surface area contributed by atoms with Crippen molar-refractivity contribution in [3.05, 3.63) is 0 Å². The molecule has 18 heavy (non-hydrogen) atoms. The molecule has 1 aliphatic heterocycles. The molecular formula is C14H30N2OS. The van der Waals surface area contributed by atoms with E-state index in [4.69, 9.17) is 0 Å². The Bertz CT molecular complexity index is 292. The molecule has 0 bridgehead atoms. The summed E-state index contributed by atoms with van der Waals surface area (Å²) in [6.07, 6.45) is 2.84. The molecule has 0 aliphatic carbocycles. The molecule has 108 valence electrons. The van der Waals surface area contributed by atoms with Crippen LogP contribution >= 0.6 is 0 Å². The van der Waals surface area contributed by atoms with Crippen LogP contribution in [0.3, 0.4) is 0 Å². The monoisotopic (exact) mass is 274 g/mol. The molecule has 0 aromatic carbocycles. The Morgan fingerprint density at radius 3 is 2.50 bits per heavy atom. The third kappa shape index (κ3) is 4.63. The van der Waals surface area contributed by atoms with E-state index in [1.165, 1.54) is 0 Å². The fourth-order valence-electron chi connectivity index (χ4n) is 2.61. The van der Waals surface area contributed by atoms with Crippen molar-refractivity contribution in [3.8, 4) is 0 Å². The first-order chi connectivity index (χ1) is 8.23. The minimum Gasteiger partial charge on any atom is -0.309 e. The van der Waals surface area contributed by atoms with Crippen LogP contribution in [0.4, 0.5) is 0 Å². The first-order valence-corrected chi connectivity index (χ1v) is 8.66. The number of hydrogen-bond donors (Lipinski definition) is 1. The van der Waals surface area contributed by atoms with Crippen molar-refractivity contribution in [2.24, 2.45) is 5.92 Å². The second-order valence-electron chi connectivity index (χ2n) is 6.64. The standard InChI is InChI=1S/C14H30N2OS/c1-11(2)13-9-15-14(4,5)10-16(13)8-7-12(3)18(6)17/h11-13,15H,7-10H2,1-6H3. The second-order valence-corrected chi connectivity index (χ2v) is 8.45. The van der Waals surface area contributed by atoms with E-state index in [1.54, 1.807) is 0 Å². The zero-order valence-corrected chi connectivity index (χ0v) is 13.6. The summed E-state index contributed by atoms with van der Waals surface area (Å²) in [6, 6.07) is 0.607. The number of rotatable bonds is 5. The summed E-state index contributed by atoms with van der Waals surface area (Å²) < 4.78 is 11.4. The molecule has 1 saturated heterocycles. The maximum atomic E-state index is 11.4. The van der Waals surface area contributed by atoms with Crippen molar-refractivity contribution in [2.75, 3.05) is 25.9 Å². The maximum absolute atomic E-state index is 11.4. The van der Waals surface area contributed by atoms with E-state index in [1.807, 2.05) is 6.26 Å². The van der Waals surface area contributed by atoms with Gasteiger partial charge in [-0.2, -0.15) is 0 Å². The zero-order chi connectivity index (χ0) is 13.9. The molecule has 0 amide bonds. The summed E-state index contributed by atoms with van der Waals surface area (Å²) in [5.74, 6) is 0.663. The van der Waals surface area contributed by atoms with Gasteiger partial charge >= 0.3 is 0 Å². The molecule has 3 atom stereocenters. The van der Waals surface area contributed by atoms with E-state index in [2.05, 4.69) is 44.8 Å². The molecule has 0 saturated carbocycles. The molecule has 1 fully saturated rings. The Morgan fingerprint density at radius 1 is 1.39 bits per heavy atom. The predicted molar refractivity (Wildman–Crippen MR) is 80.4 cm³/mol. The van der Waals surface area contributed by atoms with Crippen LogP contribution in [0.25, 0.3) is 0 Å². The van der Waals surface area contributed by atoms with Gasteiger partial charge in [0.05, 0.1) is 0 Å². The molecular weight excluding hydrogens is 244 g/mol. The molecule has 1 N–H and O–H groups in total. The third-order valence-electron chi connectivity index (χ3n) is 4.02. The highest BCUT2D eigenvalue weighted by molar-refractivity contribution is 7.84. The van der Waals surface area contributed by atoms with Gasteiger partial charge in [-0.1, -0.05) is 20.8 Å². The van der Waals surface area contributed by atoms with Crippen molar-refractivity contribution >= 4 is 10.8 Å². The molecule has 0 aromatic heterocycles. The summed E-state index contributed by atoms with van der Waals surface area (Å²) in [6.45, 7) is 14.4. The number of nitrogens with zero attached hydrogens (tertiary/aromatic N) is 1. The Morgan fingerprint density at radius 2 is 2.00 bits per heavy atom. The van der Waals surface area contributed by atoms with Crippen molar-refractivity contribution in [3.63, 3.8) is 0 Å². The van der Waals surface area contributed by atoms with Gasteiger partial charge < -0.3 is 5.32 Å². The largest absolute Gasteiger partial charge is 0.309 e. The minimum absolute atomic E-state index is 0.194. The molecule has 0 aromatic rings. The van der Waals surface area contributed by atoms with Gasteiger partial charge in [-0.15, -0.1) is 0 Å². The Balaban J connectivity index is 2.59. The van der Waals surface area contributed by atoms with Crippen LogP contribution in [0.1, 0.15) is 41.0 Å². The van der Waals surface area contributed by atoms with Crippen LogP contribution in [0.5, 0.6) is 0 Å². The van der Waals surface area contributed by atoms with Gasteiger partial charge in [0.15, 0.2) is 0 Å². The fraction of sp³-hybridized carbons (Fsp3) is 1.00. The van der Waals surface area contributed by atoms with Crippen molar-refractivity contribution in [1.82, 2.24) is 10.2 Å². The molecule has 0 radical (unpaired) electrons. The van der Waals surface area contributed by atoms with Crippen LogP contribution in [-0.2, 0) is 10.8 Å². The lowest BCUT2D eigenvalue weighted by atomic mass is 9.93. The van der Waals surface area contributed by atoms with E-state index in [0.717, 1.165) is 26.1 Å². The van der Waals surface area contributed by atoms with Gasteiger partial charge in [-0.25, -0.2) is 0 Å². The van der Waals surface area contributed by atoms with E-state index >= 15 is 0 Å². The van der Waals surface area contributed by atoms with Gasteiger partial charge in [0.1, 0.15) is 0 Å². The Labute approximate surface area is 115 Å². The molecule has 1 rings (SSSR count). The molecule has 0 spiro atoms. The number of nitrogens with one attached hydrogen (secondary N) is 1. The molecule has 3 unspecified atom stereocenters. The molecule has 1 aliphatic rings. The van der Waals surface area contributed by atoms with Crippen LogP contribution in [0, 0.1) is 5.92 Å². The van der Waals surface area contributed by atoms with Crippen LogP contribution in [-0.4, -0.2) is 51.8 Å². The van der Waals surface area contributed by atoms with Gasteiger partial charge in [-0.3, -0.25) is 9.11 Å². The molecule has 3 nitrogen and oxygen atoms in total. The first kappa shape index (κ1) is 16.1. The van der Waals surface area contributed by atoms with E-state index in [-0.39, 0.29) is 5.54 Å². The van der Waals surface area contributed by atoms with Gasteiger partial charge in [0.25, 0.3) is 0 Å². The first-order valence-electron chi connectivity index (χ1n) is 7.04. The van der Waals surface area contributed by atoms with Crippen molar-refractivity contribution in [2.45, 2.75) is 57.9 Å². The smallest absolute Gasteiger partial charge is 0.0329 e. The summed E-state index contributed by atoms with van der Waals surface area (Å²) in [5, 5.41) is 3.93. The Kier molecular flexibility index (Phi) is 5.81. The maximum Gasteiger partial charge on any atom is 0.0329 e. The molecule has 1 heterocycles. The quantitative estimate of drug-likeness (QED) is 0.830. The SMILES string of the molecule is CC(C)C1CNC(C)(C)CN1CCC(C)S(C)=O. The highest BCUT2D eigenvalue weighted by atomic mass is 32.2. The predicted octanol–water partition coefficient (Wildman–Crippen LogP) is 1.85. The van der Waals surface area contributed by atoms with E-state index < -0.39 is 10.8 Å². The van der Waals surface area contributed by atoms with Crippen molar-refractivity contribution in [1.29, 1.82) is 0 Å². The lowest BCUT2D eigenvalue weighted by Crippen LogP contribution is -2.63. The second kappa shape index (κ2) is 6.49. The minimum atomic E-state index is -0.698. The van der Waals surface area contributed by atoms with Crippen LogP contribution in [0.2, 0.25) is 0 Å². The number of piperazine rings is 1. The average molecular weight is 274 g/mol. The van der Waals surface area contributed by atoms with E-state index in [0.29, 0.717) is 17.2 Å². The van der Waals surface area contributed by atoms with Crippen LogP contribution in [0.15, 0.2) is 0 Å². The highest BCUT2D eigenvalue weighted by Gasteiger charge is 2.33. The molecule has 4 heteroatoms. The van der Waals surface area contributed by atoms with Gasteiger partial charge in [0.2, 0.25) is 0 Å². The third-order valence-corrected chi connectivity index (χ3v) is 5.39. The summed E-state index contributed by atoms with van der Waals surface area (Å²) in [7, 11) is -0.698. The van der Waals surface area contributed by atoms with Gasteiger partial charge in [0, 0.05) is 47.0 Å². The van der Waals surface area contributed by atoms with E-state index in [9.17, 15) is 4.21 Å². The Hall–Kier alpha value is 0.0700. The lowest BCUT2D eigenvalue weighted by molar-refractivity contribution is 0.0685. The summed E-state index contributed by atoms with van der Waals surface area (Å²) in [4.78, 5) is 2.59. The summed E-state index contributed by atoms with van der Waals surface area (Å²) >= 11 is 0. The topological polar surface area (TPSA) is 32.3 Å². The highest BCUT2D eigenvalue weighted by Crippen LogP contribution is 2.21. The van der Waals surface area contributed by atoms with Crippen molar-refractivity contribution < 1.29 is 4.21 Å². The summed E-state index contributed by atoms with van der Waals surface area (Å²) in [5.41, 5.74) is 0.194. The zero-order valence-electron chi connectivity index (χ0n) is 12.8. The fourth-order valence-corrected chi connectivity index (χ4v) is 3.04. The normalized spacial score (nSPS) is 28.3. The van der Waals surface area contributed by atoms with Gasteiger partial charge in [-0.05, 0) is 32.7 Å². The average Bonchev–Trinajstić information content (AvgIpc) is 2.23. The number of hydrogen-bond acceptors (Lipinski definition) is 3. The van der Waals surface area contributed by atoms with Crippen LogP contribution < -0.4 is 5.32 Å².